The van der Waals surface area contributed by atoms with Gasteiger partial charge in [0.1, 0.15) is 11.5 Å². The molecule has 2 heterocycles. The predicted molar refractivity (Wildman–Crippen MR) is 82.7 cm³/mol. The number of nitrogens with zero attached hydrogens (tertiary/aromatic N) is 1. The molecule has 1 unspecified atom stereocenters. The largest absolute Gasteiger partial charge is 0.431 e. The van der Waals surface area contributed by atoms with Gasteiger partial charge in [-0.25, -0.2) is 0 Å². The van der Waals surface area contributed by atoms with E-state index in [-0.39, 0.29) is 5.91 Å². The smallest absolute Gasteiger partial charge is 0.362 e. The van der Waals surface area contributed by atoms with E-state index in [4.69, 9.17) is 9.47 Å². The highest BCUT2D eigenvalue weighted by molar-refractivity contribution is 5.98. The summed E-state index contributed by atoms with van der Waals surface area (Å²) in [4.78, 5) is 14.1. The number of rotatable bonds is 0. The Hall–Kier alpha value is -2.75. The van der Waals surface area contributed by atoms with E-state index in [1.54, 1.807) is 25.3 Å². The molecular formula is C18H15NO3. The zero-order chi connectivity index (χ0) is 15.3. The summed E-state index contributed by atoms with van der Waals surface area (Å²) in [5.41, 5.74) is 2.68. The number of carbonyl (C=O) groups excluding carboxylic acids is 1. The van der Waals surface area contributed by atoms with Crippen molar-refractivity contribution in [1.82, 2.24) is 4.90 Å². The van der Waals surface area contributed by atoms with Crippen LogP contribution < -0.4 is 9.47 Å². The summed E-state index contributed by atoms with van der Waals surface area (Å²) in [7, 11) is 1.68. The van der Waals surface area contributed by atoms with Gasteiger partial charge in [-0.2, -0.15) is 0 Å². The second-order valence-electron chi connectivity index (χ2n) is 5.57. The number of para-hydroxylation sites is 1. The van der Waals surface area contributed by atoms with Crippen LogP contribution in [0.5, 0.6) is 11.5 Å². The SMILES string of the molecule is Cc1ccc2c(c1)C=CC1(O2)Oc2ccccc2C(=O)N1C. The Bertz CT molecular complexity index is 812. The van der Waals surface area contributed by atoms with Crippen LogP contribution >= 0.6 is 0 Å². The van der Waals surface area contributed by atoms with E-state index >= 15 is 0 Å². The third kappa shape index (κ3) is 1.73. The van der Waals surface area contributed by atoms with Gasteiger partial charge in [0.05, 0.1) is 5.56 Å². The molecule has 0 saturated carbocycles. The molecule has 2 aromatic rings. The van der Waals surface area contributed by atoms with Crippen molar-refractivity contribution in [3.05, 3.63) is 65.2 Å². The Labute approximate surface area is 128 Å². The molecule has 2 aromatic carbocycles. The molecule has 0 N–H and O–H groups in total. The van der Waals surface area contributed by atoms with Gasteiger partial charge in [-0.05, 0) is 37.3 Å². The van der Waals surface area contributed by atoms with Crippen molar-refractivity contribution < 1.29 is 14.3 Å². The first-order valence-corrected chi connectivity index (χ1v) is 7.14. The molecule has 2 aliphatic heterocycles. The van der Waals surface area contributed by atoms with Gasteiger partial charge in [-0.15, -0.1) is 0 Å². The van der Waals surface area contributed by atoms with Gasteiger partial charge in [0, 0.05) is 18.7 Å². The number of hydrogen-bond acceptors (Lipinski definition) is 3. The Morgan fingerprint density at radius 2 is 1.82 bits per heavy atom. The second kappa shape index (κ2) is 4.37. The van der Waals surface area contributed by atoms with E-state index in [1.165, 1.54) is 4.90 Å². The van der Waals surface area contributed by atoms with E-state index in [2.05, 4.69) is 0 Å². The minimum atomic E-state index is -1.23. The summed E-state index contributed by atoms with van der Waals surface area (Å²) >= 11 is 0. The molecule has 4 heteroatoms. The lowest BCUT2D eigenvalue weighted by Gasteiger charge is -2.43. The summed E-state index contributed by atoms with van der Waals surface area (Å²) < 4.78 is 12.1. The Balaban J connectivity index is 1.81. The zero-order valence-electron chi connectivity index (χ0n) is 12.4. The number of amides is 1. The summed E-state index contributed by atoms with van der Waals surface area (Å²) in [6.45, 7) is 2.03. The first-order chi connectivity index (χ1) is 10.6. The maximum absolute atomic E-state index is 12.6. The molecule has 22 heavy (non-hydrogen) atoms. The van der Waals surface area contributed by atoms with Gasteiger partial charge < -0.3 is 9.47 Å². The zero-order valence-corrected chi connectivity index (χ0v) is 12.4. The summed E-state index contributed by atoms with van der Waals surface area (Å²) in [5, 5.41) is 0. The highest BCUT2D eigenvalue weighted by Crippen LogP contribution is 2.39. The first-order valence-electron chi connectivity index (χ1n) is 7.14. The fourth-order valence-electron chi connectivity index (χ4n) is 2.79. The highest BCUT2D eigenvalue weighted by Gasteiger charge is 2.47. The number of carbonyl (C=O) groups is 1. The van der Waals surface area contributed by atoms with Gasteiger partial charge in [-0.1, -0.05) is 23.8 Å². The van der Waals surface area contributed by atoms with Crippen molar-refractivity contribution in [2.45, 2.75) is 12.8 Å². The topological polar surface area (TPSA) is 38.8 Å². The molecule has 0 fully saturated rings. The molecule has 1 atom stereocenters. The van der Waals surface area contributed by atoms with Gasteiger partial charge in [0.2, 0.25) is 0 Å². The van der Waals surface area contributed by atoms with Crippen LogP contribution in [0.3, 0.4) is 0 Å². The maximum atomic E-state index is 12.6. The van der Waals surface area contributed by atoms with Gasteiger partial charge in [0.25, 0.3) is 5.91 Å². The van der Waals surface area contributed by atoms with Gasteiger partial charge in [-0.3, -0.25) is 9.69 Å². The molecule has 2 aliphatic rings. The molecule has 0 radical (unpaired) electrons. The maximum Gasteiger partial charge on any atom is 0.362 e. The Kier molecular flexibility index (Phi) is 2.57. The standard InChI is InChI=1S/C18H15NO3/c1-12-7-8-15-13(11-12)9-10-18(21-15)19(2)17(20)14-5-3-4-6-16(14)22-18/h3-11H,1-2H3. The van der Waals surface area contributed by atoms with Crippen LogP contribution in [-0.4, -0.2) is 23.8 Å². The first kappa shape index (κ1) is 13.0. The Morgan fingerprint density at radius 3 is 2.68 bits per heavy atom. The van der Waals surface area contributed by atoms with Crippen LogP contribution in [0.2, 0.25) is 0 Å². The molecule has 0 aromatic heterocycles. The van der Waals surface area contributed by atoms with Gasteiger partial charge >= 0.3 is 5.91 Å². The monoisotopic (exact) mass is 293 g/mol. The molecule has 110 valence electrons. The molecule has 1 amide bonds. The minimum Gasteiger partial charge on any atom is -0.431 e. The van der Waals surface area contributed by atoms with Crippen LogP contribution in [0.25, 0.3) is 6.08 Å². The van der Waals surface area contributed by atoms with Crippen LogP contribution in [0.15, 0.2) is 48.5 Å². The molecule has 4 nitrogen and oxygen atoms in total. The van der Waals surface area contributed by atoms with E-state index < -0.39 is 5.91 Å². The van der Waals surface area contributed by atoms with E-state index in [1.807, 2.05) is 43.3 Å². The molecule has 4 rings (SSSR count). The number of ether oxygens (including phenoxy) is 2. The van der Waals surface area contributed by atoms with Gasteiger partial charge in [0.15, 0.2) is 0 Å². The summed E-state index contributed by atoms with van der Waals surface area (Å²) in [5.74, 6) is -0.117. The van der Waals surface area contributed by atoms with Crippen LogP contribution in [-0.2, 0) is 0 Å². The fourth-order valence-corrected chi connectivity index (χ4v) is 2.79. The molecular weight excluding hydrogens is 278 g/mol. The van der Waals surface area contributed by atoms with E-state index in [9.17, 15) is 4.79 Å². The van der Waals surface area contributed by atoms with Crippen molar-refractivity contribution in [3.8, 4) is 11.5 Å². The van der Waals surface area contributed by atoms with E-state index in [0.717, 1.165) is 11.1 Å². The average molecular weight is 293 g/mol. The Morgan fingerprint density at radius 1 is 1.05 bits per heavy atom. The quantitative estimate of drug-likeness (QED) is 0.748. The van der Waals surface area contributed by atoms with Crippen LogP contribution in [0, 0.1) is 6.92 Å². The van der Waals surface area contributed by atoms with Crippen molar-refractivity contribution in [1.29, 1.82) is 0 Å². The van der Waals surface area contributed by atoms with E-state index in [0.29, 0.717) is 17.1 Å². The highest BCUT2D eigenvalue weighted by atomic mass is 16.7. The van der Waals surface area contributed by atoms with Crippen molar-refractivity contribution in [2.24, 2.45) is 0 Å². The van der Waals surface area contributed by atoms with Crippen molar-refractivity contribution in [2.75, 3.05) is 7.05 Å². The predicted octanol–water partition coefficient (Wildman–Crippen LogP) is 3.22. The number of likely N-dealkylation sites (N-methyl/N-ethyl adjacent to an activating group) is 1. The molecule has 0 bridgehead atoms. The lowest BCUT2D eigenvalue weighted by atomic mass is 10.1. The third-order valence-electron chi connectivity index (χ3n) is 4.04. The fraction of sp³-hybridized carbons (Fsp3) is 0.167. The van der Waals surface area contributed by atoms with Crippen molar-refractivity contribution in [3.63, 3.8) is 0 Å². The lowest BCUT2D eigenvalue weighted by Crippen LogP contribution is -2.60. The molecule has 0 aliphatic carbocycles. The molecule has 0 saturated heterocycles. The summed E-state index contributed by atoms with van der Waals surface area (Å²) in [6.07, 6.45) is 3.71. The van der Waals surface area contributed by atoms with Crippen LogP contribution in [0.1, 0.15) is 21.5 Å². The normalized spacial score (nSPS) is 21.9. The number of benzene rings is 2. The lowest BCUT2D eigenvalue weighted by molar-refractivity contribution is -0.166. The summed E-state index contributed by atoms with van der Waals surface area (Å²) in [6, 6.07) is 13.1. The molecule has 1 spiro atoms. The number of aryl methyl sites for hydroxylation is 1. The second-order valence-corrected chi connectivity index (χ2v) is 5.57. The average Bonchev–Trinajstić information content (AvgIpc) is 2.53. The number of fused-ring (bicyclic) bond motifs is 2. The number of hydrogen-bond donors (Lipinski definition) is 0. The van der Waals surface area contributed by atoms with Crippen molar-refractivity contribution >= 4 is 12.0 Å². The third-order valence-corrected chi connectivity index (χ3v) is 4.04. The van der Waals surface area contributed by atoms with Crippen LogP contribution in [0.4, 0.5) is 0 Å². The minimum absolute atomic E-state index is 0.123.